The summed E-state index contributed by atoms with van der Waals surface area (Å²) in [6.45, 7) is 0. The highest BCUT2D eigenvalue weighted by molar-refractivity contribution is 8.04. The van der Waals surface area contributed by atoms with Gasteiger partial charge in [-0.2, -0.15) is 0 Å². The molecule has 0 fully saturated rings. The molecule has 2 N–H and O–H groups in total. The second-order valence-corrected chi connectivity index (χ2v) is 1.52. The molecule has 0 bridgehead atoms. The fraction of sp³-hybridized carbons (Fsp3) is 0. The molecular weight excluding hydrogens is 112 g/mol. The lowest BCUT2D eigenvalue weighted by atomic mass is 11.2. The van der Waals surface area contributed by atoms with E-state index in [0.29, 0.717) is 0 Å². The number of aliphatic hydroxyl groups excluding tert-OH is 2. The molecule has 3 heteroatoms. The molecule has 0 heterocycles. The lowest BCUT2D eigenvalue weighted by molar-refractivity contribution is 0.474. The lowest BCUT2D eigenvalue weighted by Gasteiger charge is -1.73. The predicted molar refractivity (Wildman–Crippen MR) is 31.1 cm³/mol. The third-order valence-electron chi connectivity index (χ3n) is 0.279. The van der Waals surface area contributed by atoms with Gasteiger partial charge in [0.25, 0.3) is 0 Å². The van der Waals surface area contributed by atoms with Crippen LogP contribution in [0.4, 0.5) is 0 Å². The standard InChI is InChI=1S/C4H6O2S/c5-1-3-7-4-2-6/h1-6H/b3-1+,4-2+. The van der Waals surface area contributed by atoms with Crippen molar-refractivity contribution in [3.8, 4) is 0 Å². The molecule has 0 unspecified atom stereocenters. The van der Waals surface area contributed by atoms with Crippen LogP contribution in [0, 0.1) is 0 Å². The first-order valence-electron chi connectivity index (χ1n) is 1.65. The molecule has 0 aromatic heterocycles. The molecule has 0 radical (unpaired) electrons. The Balaban J connectivity index is 2.98. The zero-order chi connectivity index (χ0) is 5.54. The van der Waals surface area contributed by atoms with Crippen LogP contribution < -0.4 is 0 Å². The summed E-state index contributed by atoms with van der Waals surface area (Å²) in [6, 6.07) is 0. The van der Waals surface area contributed by atoms with Crippen LogP contribution in [0.5, 0.6) is 0 Å². The molecule has 0 atom stereocenters. The van der Waals surface area contributed by atoms with Crippen LogP contribution in [-0.2, 0) is 0 Å². The first kappa shape index (κ1) is 6.43. The average molecular weight is 118 g/mol. The Labute approximate surface area is 46.2 Å². The summed E-state index contributed by atoms with van der Waals surface area (Å²) in [7, 11) is 0. The van der Waals surface area contributed by atoms with Crippen LogP contribution >= 0.6 is 11.8 Å². The van der Waals surface area contributed by atoms with Gasteiger partial charge in [-0.15, -0.1) is 0 Å². The van der Waals surface area contributed by atoms with Crippen molar-refractivity contribution < 1.29 is 10.2 Å². The minimum absolute atomic E-state index is 0.907. The Morgan fingerprint density at radius 3 is 1.71 bits per heavy atom. The summed E-state index contributed by atoms with van der Waals surface area (Å²) < 4.78 is 0. The summed E-state index contributed by atoms with van der Waals surface area (Å²) in [4.78, 5) is 0. The van der Waals surface area contributed by atoms with Crippen LogP contribution in [0.25, 0.3) is 0 Å². The molecule has 0 aliphatic carbocycles. The summed E-state index contributed by atoms with van der Waals surface area (Å²) in [5.74, 6) is 0. The molecule has 7 heavy (non-hydrogen) atoms. The van der Waals surface area contributed by atoms with E-state index >= 15 is 0 Å². The summed E-state index contributed by atoms with van der Waals surface area (Å²) >= 11 is 1.19. The largest absolute Gasteiger partial charge is 0.515 e. The maximum Gasteiger partial charge on any atom is 0.0858 e. The molecule has 0 aliphatic rings. The van der Waals surface area contributed by atoms with Crippen LogP contribution in [0.2, 0.25) is 0 Å². The van der Waals surface area contributed by atoms with Crippen molar-refractivity contribution in [2.45, 2.75) is 0 Å². The van der Waals surface area contributed by atoms with E-state index in [4.69, 9.17) is 10.2 Å². The highest BCUT2D eigenvalue weighted by Gasteiger charge is 1.63. The van der Waals surface area contributed by atoms with Gasteiger partial charge in [0.2, 0.25) is 0 Å². The van der Waals surface area contributed by atoms with Gasteiger partial charge in [-0.3, -0.25) is 0 Å². The maximum absolute atomic E-state index is 7.98. The molecule has 0 saturated carbocycles. The Morgan fingerprint density at radius 2 is 1.43 bits per heavy atom. The van der Waals surface area contributed by atoms with Crippen molar-refractivity contribution in [2.24, 2.45) is 0 Å². The minimum Gasteiger partial charge on any atom is -0.515 e. The second-order valence-electron chi connectivity index (χ2n) is 0.706. The normalized spacial score (nSPS) is 11.4. The Morgan fingerprint density at radius 1 is 1.00 bits per heavy atom. The fourth-order valence-corrected chi connectivity index (χ4v) is 0.347. The van der Waals surface area contributed by atoms with Crippen molar-refractivity contribution >= 4 is 11.8 Å². The van der Waals surface area contributed by atoms with Crippen LogP contribution in [-0.4, -0.2) is 10.2 Å². The third kappa shape index (κ3) is 5.43. The summed E-state index contributed by atoms with van der Waals surface area (Å²) in [5, 5.41) is 18.8. The van der Waals surface area contributed by atoms with Crippen molar-refractivity contribution in [2.75, 3.05) is 0 Å². The lowest BCUT2D eigenvalue weighted by Crippen LogP contribution is -1.46. The fourth-order valence-electron chi connectivity index (χ4n) is 0.116. The molecule has 0 saturated heterocycles. The van der Waals surface area contributed by atoms with E-state index in [2.05, 4.69) is 0 Å². The monoisotopic (exact) mass is 118 g/mol. The van der Waals surface area contributed by atoms with Gasteiger partial charge in [-0.25, -0.2) is 0 Å². The molecular formula is C4H6O2S. The molecule has 0 amide bonds. The zero-order valence-electron chi connectivity index (χ0n) is 3.61. The van der Waals surface area contributed by atoms with Crippen molar-refractivity contribution in [1.29, 1.82) is 0 Å². The molecule has 0 aliphatic heterocycles. The van der Waals surface area contributed by atoms with E-state index in [9.17, 15) is 0 Å². The van der Waals surface area contributed by atoms with E-state index < -0.39 is 0 Å². The van der Waals surface area contributed by atoms with E-state index in [1.54, 1.807) is 0 Å². The number of hydrogen-bond acceptors (Lipinski definition) is 3. The smallest absolute Gasteiger partial charge is 0.0858 e. The van der Waals surface area contributed by atoms with Gasteiger partial charge in [0, 0.05) is 10.8 Å². The van der Waals surface area contributed by atoms with E-state index in [0.717, 1.165) is 12.5 Å². The first-order valence-corrected chi connectivity index (χ1v) is 2.60. The molecule has 2 nitrogen and oxygen atoms in total. The van der Waals surface area contributed by atoms with Gasteiger partial charge in [0.05, 0.1) is 12.5 Å². The highest BCUT2D eigenvalue weighted by Crippen LogP contribution is 2.00. The quantitative estimate of drug-likeness (QED) is 0.543. The van der Waals surface area contributed by atoms with Crippen LogP contribution in [0.15, 0.2) is 23.3 Å². The minimum atomic E-state index is 0.907. The number of rotatable bonds is 2. The number of thioether (sulfide) groups is 1. The zero-order valence-corrected chi connectivity index (χ0v) is 4.43. The van der Waals surface area contributed by atoms with Gasteiger partial charge < -0.3 is 10.2 Å². The van der Waals surface area contributed by atoms with E-state index in [-0.39, 0.29) is 0 Å². The third-order valence-corrected chi connectivity index (χ3v) is 0.837. The SMILES string of the molecule is O/C=C/S/C=C/O. The molecule has 0 aromatic carbocycles. The van der Waals surface area contributed by atoms with Gasteiger partial charge >= 0.3 is 0 Å². The number of aliphatic hydroxyl groups is 2. The summed E-state index contributed by atoms with van der Waals surface area (Å²) in [5.41, 5.74) is 0. The molecule has 40 valence electrons. The van der Waals surface area contributed by atoms with E-state index in [1.807, 2.05) is 0 Å². The average Bonchev–Trinajstić information content (AvgIpc) is 1.69. The molecule has 0 aromatic rings. The van der Waals surface area contributed by atoms with Gasteiger partial charge in [-0.1, -0.05) is 11.8 Å². The molecule has 0 spiro atoms. The maximum atomic E-state index is 7.98. The highest BCUT2D eigenvalue weighted by atomic mass is 32.2. The van der Waals surface area contributed by atoms with Gasteiger partial charge in [0.15, 0.2) is 0 Å². The van der Waals surface area contributed by atoms with Crippen LogP contribution in [0.3, 0.4) is 0 Å². The summed E-state index contributed by atoms with van der Waals surface area (Å²) in [6.07, 6.45) is 1.81. The van der Waals surface area contributed by atoms with Gasteiger partial charge in [-0.05, 0) is 0 Å². The second kappa shape index (κ2) is 5.43. The van der Waals surface area contributed by atoms with Crippen LogP contribution in [0.1, 0.15) is 0 Å². The Hall–Kier alpha value is -0.570. The van der Waals surface area contributed by atoms with E-state index in [1.165, 1.54) is 22.6 Å². The predicted octanol–water partition coefficient (Wildman–Crippen LogP) is 1.78. The van der Waals surface area contributed by atoms with Crippen molar-refractivity contribution in [1.82, 2.24) is 0 Å². The Bertz CT molecular complexity index is 67.8. The Kier molecular flexibility index (Phi) is 4.99. The van der Waals surface area contributed by atoms with Crippen molar-refractivity contribution in [3.05, 3.63) is 23.3 Å². The van der Waals surface area contributed by atoms with Crippen molar-refractivity contribution in [3.63, 3.8) is 0 Å². The number of hydrogen-bond donors (Lipinski definition) is 2. The first-order chi connectivity index (χ1) is 3.41. The topological polar surface area (TPSA) is 40.5 Å². The molecule has 0 rings (SSSR count). The van der Waals surface area contributed by atoms with Gasteiger partial charge in [0.1, 0.15) is 0 Å².